The summed E-state index contributed by atoms with van der Waals surface area (Å²) in [6.07, 6.45) is 7.40. The van der Waals surface area contributed by atoms with Gasteiger partial charge in [-0.05, 0) is 14.1 Å². The maximum atomic E-state index is 3.77. The number of hydrazone groups is 1. The molecule has 0 saturated heterocycles. The van der Waals surface area contributed by atoms with Crippen LogP contribution < -0.4 is 0 Å². The van der Waals surface area contributed by atoms with Crippen LogP contribution in [0.5, 0.6) is 0 Å². The van der Waals surface area contributed by atoms with Crippen LogP contribution in [0.25, 0.3) is 0 Å². The Morgan fingerprint density at radius 1 is 1.06 bits per heavy atom. The Morgan fingerprint density at radius 3 is 1.69 bits per heavy atom. The summed E-state index contributed by atoms with van der Waals surface area (Å²) in [5.74, 6) is 0. The van der Waals surface area contributed by atoms with Crippen molar-refractivity contribution in [2.24, 2.45) is 5.10 Å². The number of nitrogens with zero attached hydrogens (tertiary/aromatic N) is 3. The summed E-state index contributed by atoms with van der Waals surface area (Å²) in [6.45, 7) is 11.4. The Hall–Kier alpha value is 0.387. The second-order valence-corrected chi connectivity index (χ2v) is 2.50. The zero-order valence-corrected chi connectivity index (χ0v) is 16.8. The Bertz CT molecular complexity index is 143. The van der Waals surface area contributed by atoms with E-state index in [4.69, 9.17) is 0 Å². The molecule has 0 fully saturated rings. The maximum absolute atomic E-state index is 3.77. The van der Waals surface area contributed by atoms with Gasteiger partial charge in [-0.15, -0.1) is 0 Å². The molecule has 0 unspecified atom stereocenters. The summed E-state index contributed by atoms with van der Waals surface area (Å²) in [5.41, 5.74) is 0. The third-order valence-electron chi connectivity index (χ3n) is 1.37. The van der Waals surface area contributed by atoms with Gasteiger partial charge < -0.3 is 27.3 Å². The third-order valence-corrected chi connectivity index (χ3v) is 1.37. The van der Waals surface area contributed by atoms with Gasteiger partial charge >= 0.3 is 42.1 Å². The summed E-state index contributed by atoms with van der Waals surface area (Å²) in [5, 5.41) is 5.47. The fourth-order valence-electron chi connectivity index (χ4n) is 0.494. The largest absolute Gasteiger partial charge is 2.00 e. The Balaban J connectivity index is -0.0000000800. The minimum absolute atomic E-state index is 0. The molecule has 92 valence electrons. The molecule has 16 heavy (non-hydrogen) atoms. The molecule has 0 amide bonds. The molecule has 0 bridgehead atoms. The van der Waals surface area contributed by atoms with Crippen LogP contribution in [0.3, 0.4) is 0 Å². The molecule has 0 aliphatic carbocycles. The normalized spacial score (nSPS) is 8.88. The minimum Gasteiger partial charge on any atom is -0.560 e. The quantitative estimate of drug-likeness (QED) is 0.298. The molecule has 0 aromatic rings. The number of hydrogen-bond acceptors (Lipinski definition) is 3. The summed E-state index contributed by atoms with van der Waals surface area (Å²) in [6, 6.07) is 0. The van der Waals surface area contributed by atoms with Crippen molar-refractivity contribution in [1.82, 2.24) is 9.91 Å². The van der Waals surface area contributed by atoms with E-state index < -0.39 is 0 Å². The fourth-order valence-corrected chi connectivity index (χ4v) is 0.494. The van der Waals surface area contributed by atoms with Crippen LogP contribution in [0.15, 0.2) is 11.3 Å². The van der Waals surface area contributed by atoms with Crippen molar-refractivity contribution < 1.29 is 42.1 Å². The average molecular weight is 563 g/mol. The van der Waals surface area contributed by atoms with Gasteiger partial charge in [-0.2, -0.15) is 27.7 Å². The molecule has 0 aromatic carbocycles. The monoisotopic (exact) mass is 563 g/mol. The van der Waals surface area contributed by atoms with Crippen molar-refractivity contribution in [1.29, 1.82) is 0 Å². The average Bonchev–Trinajstić information content (AvgIpc) is 2.19. The third kappa shape index (κ3) is 23.9. The molecular formula is C11H21N3W2. The zero-order valence-electron chi connectivity index (χ0n) is 10.9. The molecule has 0 spiro atoms. The molecule has 0 rings (SSSR count). The summed E-state index contributed by atoms with van der Waals surface area (Å²) < 4.78 is 0. The molecule has 0 aromatic heterocycles. The van der Waals surface area contributed by atoms with Gasteiger partial charge in [-0.25, -0.2) is 19.3 Å². The second kappa shape index (κ2) is 20.8. The molecule has 0 radical (unpaired) electrons. The van der Waals surface area contributed by atoms with Gasteiger partial charge in [0.05, 0.1) is 0 Å². The van der Waals surface area contributed by atoms with Crippen molar-refractivity contribution in [3.63, 3.8) is 0 Å². The zero-order chi connectivity index (χ0) is 11.4. The number of rotatable bonds is 4. The van der Waals surface area contributed by atoms with Gasteiger partial charge in [0.15, 0.2) is 0 Å². The van der Waals surface area contributed by atoms with Gasteiger partial charge in [0, 0.05) is 0 Å². The Kier molecular flexibility index (Phi) is 32.8. The van der Waals surface area contributed by atoms with E-state index >= 15 is 0 Å². The predicted octanol–water partition coefficient (Wildman–Crippen LogP) is 2.41. The van der Waals surface area contributed by atoms with Gasteiger partial charge in [0.25, 0.3) is 0 Å². The Morgan fingerprint density at radius 2 is 1.56 bits per heavy atom. The first-order valence-corrected chi connectivity index (χ1v) is 4.54. The molecule has 5 heteroatoms. The van der Waals surface area contributed by atoms with Crippen LogP contribution in [0.4, 0.5) is 0 Å². The minimum atomic E-state index is 0. The van der Waals surface area contributed by atoms with Crippen molar-refractivity contribution >= 4 is 6.21 Å². The van der Waals surface area contributed by atoms with E-state index in [0.29, 0.717) is 0 Å². The van der Waals surface area contributed by atoms with Crippen LogP contribution >= 0.6 is 0 Å². The summed E-state index contributed by atoms with van der Waals surface area (Å²) in [4.78, 5) is 1.94. The summed E-state index contributed by atoms with van der Waals surface area (Å²) in [7, 11) is 3.83. The van der Waals surface area contributed by atoms with Crippen LogP contribution in [-0.4, -0.2) is 30.2 Å². The maximum Gasteiger partial charge on any atom is 2.00 e. The van der Waals surface area contributed by atoms with E-state index in [9.17, 15) is 0 Å². The molecule has 0 heterocycles. The molecule has 0 aliphatic rings. The van der Waals surface area contributed by atoms with E-state index in [0.717, 1.165) is 0 Å². The van der Waals surface area contributed by atoms with Gasteiger partial charge in [0.1, 0.15) is 0 Å². The first-order valence-electron chi connectivity index (χ1n) is 4.54. The topological polar surface area (TPSA) is 18.8 Å². The predicted molar refractivity (Wildman–Crippen MR) is 62.1 cm³/mol. The van der Waals surface area contributed by atoms with Gasteiger partial charge in [-0.3, -0.25) is 0 Å². The van der Waals surface area contributed by atoms with Crippen LogP contribution in [-0.2, 0) is 42.1 Å². The van der Waals surface area contributed by atoms with Gasteiger partial charge in [-0.1, -0.05) is 0 Å². The first kappa shape index (κ1) is 25.3. The molecule has 0 saturated carbocycles. The molecule has 0 N–H and O–H groups in total. The van der Waals surface area contributed by atoms with E-state index in [1.165, 1.54) is 0 Å². The standard InChI is InChI=1S/C6H11N.C5H10N2.2W/c2*1-4-6-7(3)5-2;;/h5-6H,1-3H3;5H,1-3H3;;/q2*-2;2*+2. The molecular weight excluding hydrogens is 542 g/mol. The SMILES string of the molecule is C[C-]=CN(C)[CH-]C.C[C-]=NN(C)[CH-]C.[W+2].[W+2]. The second-order valence-electron chi connectivity index (χ2n) is 2.50. The van der Waals surface area contributed by atoms with E-state index in [1.54, 1.807) is 11.9 Å². The smallest absolute Gasteiger partial charge is 0.560 e. The molecule has 3 nitrogen and oxygen atoms in total. The van der Waals surface area contributed by atoms with E-state index in [2.05, 4.69) is 17.4 Å². The van der Waals surface area contributed by atoms with Crippen LogP contribution in [0, 0.1) is 19.2 Å². The summed E-state index contributed by atoms with van der Waals surface area (Å²) >= 11 is 0. The van der Waals surface area contributed by atoms with Crippen molar-refractivity contribution in [3.8, 4) is 0 Å². The van der Waals surface area contributed by atoms with E-state index in [1.807, 2.05) is 59.1 Å². The van der Waals surface area contributed by atoms with Gasteiger partial charge in [0.2, 0.25) is 0 Å². The molecule has 0 atom stereocenters. The van der Waals surface area contributed by atoms with Crippen LogP contribution in [0.1, 0.15) is 27.7 Å². The fraction of sp³-hybridized carbons (Fsp3) is 0.545. The first-order chi connectivity index (χ1) is 6.62. The van der Waals surface area contributed by atoms with E-state index in [-0.39, 0.29) is 42.1 Å². The van der Waals surface area contributed by atoms with Crippen molar-refractivity contribution in [2.45, 2.75) is 27.7 Å². The van der Waals surface area contributed by atoms with Crippen LogP contribution in [0.2, 0.25) is 0 Å². The molecule has 0 aliphatic heterocycles. The number of hydrogen-bond donors (Lipinski definition) is 0. The Labute approximate surface area is 130 Å². The van der Waals surface area contributed by atoms with Crippen molar-refractivity contribution in [3.05, 3.63) is 25.4 Å². The number of allylic oxidation sites excluding steroid dienone is 1. The van der Waals surface area contributed by atoms with Crippen molar-refractivity contribution in [2.75, 3.05) is 14.1 Å².